The second-order valence-corrected chi connectivity index (χ2v) is 8.44. The minimum Gasteiger partial charge on any atom is -0.490 e. The van der Waals surface area contributed by atoms with Gasteiger partial charge in [0.15, 0.2) is 0 Å². The van der Waals surface area contributed by atoms with Gasteiger partial charge in [0.2, 0.25) is 0 Å². The number of nitrogens with one attached hydrogen (secondary N) is 1. The molecule has 9 heteroatoms. The van der Waals surface area contributed by atoms with Crippen LogP contribution in [0.15, 0.2) is 30.6 Å². The fraction of sp³-hybridized carbons (Fsp3) is 0.455. The van der Waals surface area contributed by atoms with Gasteiger partial charge in [0, 0.05) is 37.7 Å². The van der Waals surface area contributed by atoms with Gasteiger partial charge >= 0.3 is 0 Å². The highest BCUT2D eigenvalue weighted by atomic mass is 35.5. The van der Waals surface area contributed by atoms with Crippen LogP contribution in [0.3, 0.4) is 0 Å². The normalized spacial score (nSPS) is 21.1. The molecule has 4 rings (SSSR count). The van der Waals surface area contributed by atoms with Crippen molar-refractivity contribution in [3.63, 3.8) is 0 Å². The Morgan fingerprint density at radius 2 is 2.03 bits per heavy atom. The molecule has 1 aliphatic carbocycles. The maximum absolute atomic E-state index is 12.5. The number of aromatic nitrogens is 2. The SMILES string of the molecule is N#Cc1ccc(O[C@H]2CC[C@H](NC(=O)c3cnc(N4CC(CO)C4)cn3)CC2)cc1Cl. The molecule has 0 atom stereocenters. The largest absolute Gasteiger partial charge is 0.490 e. The molecule has 0 unspecified atom stereocenters. The van der Waals surface area contributed by atoms with Crippen molar-refractivity contribution in [1.82, 2.24) is 15.3 Å². The summed E-state index contributed by atoms with van der Waals surface area (Å²) in [5, 5.41) is 21.5. The molecular formula is C22H24ClN5O3. The van der Waals surface area contributed by atoms with Gasteiger partial charge in [-0.3, -0.25) is 4.79 Å². The summed E-state index contributed by atoms with van der Waals surface area (Å²) in [6, 6.07) is 7.18. The van der Waals surface area contributed by atoms with Crippen molar-refractivity contribution in [2.75, 3.05) is 24.6 Å². The number of hydrogen-bond acceptors (Lipinski definition) is 7. The van der Waals surface area contributed by atoms with Crippen molar-refractivity contribution in [2.45, 2.75) is 37.8 Å². The summed E-state index contributed by atoms with van der Waals surface area (Å²) in [7, 11) is 0. The first-order valence-corrected chi connectivity index (χ1v) is 10.8. The number of rotatable bonds is 6. The van der Waals surface area contributed by atoms with Crippen molar-refractivity contribution in [3.05, 3.63) is 46.9 Å². The van der Waals surface area contributed by atoms with Crippen molar-refractivity contribution >= 4 is 23.3 Å². The third-order valence-corrected chi connectivity index (χ3v) is 6.10. The average Bonchev–Trinajstić information content (AvgIpc) is 2.75. The molecule has 0 radical (unpaired) electrons. The molecule has 1 amide bonds. The van der Waals surface area contributed by atoms with Crippen LogP contribution in [-0.2, 0) is 0 Å². The molecule has 1 aromatic heterocycles. The molecule has 2 aliphatic rings. The molecule has 1 aromatic carbocycles. The van der Waals surface area contributed by atoms with Crippen LogP contribution in [0, 0.1) is 17.2 Å². The predicted molar refractivity (Wildman–Crippen MR) is 115 cm³/mol. The molecular weight excluding hydrogens is 418 g/mol. The topological polar surface area (TPSA) is 111 Å². The van der Waals surface area contributed by atoms with E-state index in [1.54, 1.807) is 24.4 Å². The van der Waals surface area contributed by atoms with Crippen LogP contribution in [-0.4, -0.2) is 52.8 Å². The molecule has 1 saturated heterocycles. The number of ether oxygens (including phenoxy) is 1. The Morgan fingerprint density at radius 3 is 2.65 bits per heavy atom. The number of carbonyl (C=O) groups excluding carboxylic acids is 1. The van der Waals surface area contributed by atoms with E-state index in [1.807, 2.05) is 11.0 Å². The fourth-order valence-electron chi connectivity index (χ4n) is 3.91. The standard InChI is InChI=1S/C22H24ClN5O3/c23-19-7-18(4-1-15(19)8-24)31-17-5-2-16(3-6-17)27-22(30)20-9-26-21(10-25-20)28-11-14(12-28)13-29/h1,4,7,9-10,14,16-17,29H,2-3,5-6,11-13H2,(H,27,30)/t16-,17-. The average molecular weight is 442 g/mol. The monoisotopic (exact) mass is 441 g/mol. The molecule has 2 fully saturated rings. The Morgan fingerprint density at radius 1 is 1.26 bits per heavy atom. The quantitative estimate of drug-likeness (QED) is 0.708. The number of carbonyl (C=O) groups is 1. The lowest BCUT2D eigenvalue weighted by Gasteiger charge is -2.38. The van der Waals surface area contributed by atoms with E-state index in [-0.39, 0.29) is 30.6 Å². The van der Waals surface area contributed by atoms with E-state index < -0.39 is 0 Å². The molecule has 8 nitrogen and oxygen atoms in total. The number of nitrogens with zero attached hydrogens (tertiary/aromatic N) is 4. The van der Waals surface area contributed by atoms with Crippen molar-refractivity contribution in [2.24, 2.45) is 5.92 Å². The first-order chi connectivity index (χ1) is 15.1. The van der Waals surface area contributed by atoms with Crippen LogP contribution >= 0.6 is 11.6 Å². The number of aliphatic hydroxyl groups excluding tert-OH is 1. The van der Waals surface area contributed by atoms with E-state index in [2.05, 4.69) is 15.3 Å². The van der Waals surface area contributed by atoms with Gasteiger partial charge in [-0.15, -0.1) is 0 Å². The Balaban J connectivity index is 1.24. The van der Waals surface area contributed by atoms with Crippen LogP contribution in [0.1, 0.15) is 41.7 Å². The molecule has 2 heterocycles. The molecule has 0 bridgehead atoms. The van der Waals surface area contributed by atoms with E-state index in [0.29, 0.717) is 22.0 Å². The van der Waals surface area contributed by atoms with Crippen LogP contribution < -0.4 is 15.0 Å². The molecule has 2 aromatic rings. The zero-order valence-corrected chi connectivity index (χ0v) is 17.8. The lowest BCUT2D eigenvalue weighted by molar-refractivity contribution is 0.0888. The summed E-state index contributed by atoms with van der Waals surface area (Å²) in [5.74, 6) is 1.44. The second kappa shape index (κ2) is 9.50. The summed E-state index contributed by atoms with van der Waals surface area (Å²) in [4.78, 5) is 23.1. The van der Waals surface area contributed by atoms with E-state index in [1.165, 1.54) is 6.20 Å². The maximum atomic E-state index is 12.5. The van der Waals surface area contributed by atoms with Crippen molar-refractivity contribution in [1.29, 1.82) is 5.26 Å². The Bertz CT molecular complexity index is 964. The summed E-state index contributed by atoms with van der Waals surface area (Å²) in [6.45, 7) is 1.70. The molecule has 162 valence electrons. The van der Waals surface area contributed by atoms with Gasteiger partial charge < -0.3 is 20.1 Å². The first kappa shape index (κ1) is 21.3. The highest BCUT2D eigenvalue weighted by Crippen LogP contribution is 2.27. The number of amides is 1. The van der Waals surface area contributed by atoms with E-state index in [9.17, 15) is 4.79 Å². The minimum absolute atomic E-state index is 0.0514. The third-order valence-electron chi connectivity index (χ3n) is 5.78. The van der Waals surface area contributed by atoms with Gasteiger partial charge in [-0.25, -0.2) is 9.97 Å². The Kier molecular flexibility index (Phi) is 6.54. The van der Waals surface area contributed by atoms with E-state index >= 15 is 0 Å². The Hall–Kier alpha value is -2.89. The van der Waals surface area contributed by atoms with Gasteiger partial charge in [0.1, 0.15) is 23.3 Å². The molecule has 2 N–H and O–H groups in total. The summed E-state index contributed by atoms with van der Waals surface area (Å²) >= 11 is 6.06. The molecule has 31 heavy (non-hydrogen) atoms. The number of halogens is 1. The lowest BCUT2D eigenvalue weighted by atomic mass is 9.93. The summed E-state index contributed by atoms with van der Waals surface area (Å²) < 4.78 is 5.99. The van der Waals surface area contributed by atoms with Crippen molar-refractivity contribution in [3.8, 4) is 11.8 Å². The lowest BCUT2D eigenvalue weighted by Crippen LogP contribution is -2.48. The Labute approximate surface area is 185 Å². The zero-order valence-electron chi connectivity index (χ0n) is 17.0. The van der Waals surface area contributed by atoms with Gasteiger partial charge in [-0.05, 0) is 37.8 Å². The van der Waals surface area contributed by atoms with Crippen LogP contribution in [0.25, 0.3) is 0 Å². The summed E-state index contributed by atoms with van der Waals surface area (Å²) in [5.41, 5.74) is 0.726. The number of benzene rings is 1. The van der Waals surface area contributed by atoms with E-state index in [0.717, 1.165) is 44.6 Å². The van der Waals surface area contributed by atoms with Crippen LogP contribution in [0.4, 0.5) is 5.82 Å². The fourth-order valence-corrected chi connectivity index (χ4v) is 4.12. The first-order valence-electron chi connectivity index (χ1n) is 10.4. The number of anilines is 1. The minimum atomic E-state index is -0.223. The zero-order chi connectivity index (χ0) is 21.8. The predicted octanol–water partition coefficient (Wildman–Crippen LogP) is 2.55. The number of aliphatic hydroxyl groups is 1. The molecule has 0 spiro atoms. The number of hydrogen-bond donors (Lipinski definition) is 2. The van der Waals surface area contributed by atoms with Gasteiger partial charge in [0.05, 0.1) is 29.1 Å². The third kappa shape index (κ3) is 5.06. The van der Waals surface area contributed by atoms with Crippen LogP contribution in [0.5, 0.6) is 5.75 Å². The smallest absolute Gasteiger partial charge is 0.271 e. The molecule has 1 aliphatic heterocycles. The molecule has 1 saturated carbocycles. The van der Waals surface area contributed by atoms with Crippen LogP contribution in [0.2, 0.25) is 5.02 Å². The van der Waals surface area contributed by atoms with Gasteiger partial charge in [-0.2, -0.15) is 5.26 Å². The van der Waals surface area contributed by atoms with Gasteiger partial charge in [0.25, 0.3) is 5.91 Å². The number of nitriles is 1. The summed E-state index contributed by atoms with van der Waals surface area (Å²) in [6.07, 6.45) is 6.40. The van der Waals surface area contributed by atoms with Gasteiger partial charge in [-0.1, -0.05) is 11.6 Å². The van der Waals surface area contributed by atoms with Crippen molar-refractivity contribution < 1.29 is 14.6 Å². The second-order valence-electron chi connectivity index (χ2n) is 8.03. The van der Waals surface area contributed by atoms with E-state index in [4.69, 9.17) is 26.7 Å². The highest BCUT2D eigenvalue weighted by molar-refractivity contribution is 6.31. The maximum Gasteiger partial charge on any atom is 0.271 e. The highest BCUT2D eigenvalue weighted by Gasteiger charge is 2.28.